The summed E-state index contributed by atoms with van der Waals surface area (Å²) in [4.78, 5) is 8.59. The van der Waals surface area contributed by atoms with Crippen LogP contribution in [0.4, 0.5) is 5.82 Å². The summed E-state index contributed by atoms with van der Waals surface area (Å²) >= 11 is 0. The predicted octanol–water partition coefficient (Wildman–Crippen LogP) is 2.57. The Morgan fingerprint density at radius 2 is 1.75 bits per heavy atom. The minimum atomic E-state index is -0.380. The van der Waals surface area contributed by atoms with Crippen molar-refractivity contribution in [2.24, 2.45) is 5.73 Å². The van der Waals surface area contributed by atoms with Crippen LogP contribution in [0, 0.1) is 6.92 Å². The molecule has 4 N–H and O–H groups in total. The second-order valence-corrected chi connectivity index (χ2v) is 4.82. The van der Waals surface area contributed by atoms with E-state index in [1.54, 1.807) is 12.4 Å². The molecule has 0 fully saturated rings. The summed E-state index contributed by atoms with van der Waals surface area (Å²) in [6.07, 6.45) is 3.47. The lowest BCUT2D eigenvalue weighted by Gasteiger charge is -2.17. The molecule has 100 valence electrons. The number of aromatic nitrogens is 2. The van der Waals surface area contributed by atoms with Gasteiger partial charge in [0, 0.05) is 23.3 Å². The van der Waals surface area contributed by atoms with E-state index in [0.717, 1.165) is 27.6 Å². The predicted molar refractivity (Wildman–Crippen MR) is 81.2 cm³/mol. The fourth-order valence-corrected chi connectivity index (χ4v) is 2.52. The first-order valence-electron chi connectivity index (χ1n) is 6.48. The number of hydrogen-bond donors (Lipinski definition) is 2. The number of aryl methyl sites for hydroxylation is 1. The maximum absolute atomic E-state index is 6.40. The molecule has 3 aromatic rings. The highest BCUT2D eigenvalue weighted by atomic mass is 14.9. The third-order valence-corrected chi connectivity index (χ3v) is 3.55. The minimum absolute atomic E-state index is 0.380. The molecule has 0 radical (unpaired) electrons. The first-order chi connectivity index (χ1) is 9.68. The molecule has 0 amide bonds. The Morgan fingerprint density at radius 1 is 1.00 bits per heavy atom. The molecule has 20 heavy (non-hydrogen) atoms. The number of anilines is 1. The Balaban J connectivity index is 2.21. The number of nitrogens with zero attached hydrogens (tertiary/aromatic N) is 2. The molecule has 4 nitrogen and oxygen atoms in total. The summed E-state index contributed by atoms with van der Waals surface area (Å²) in [5.74, 6) is 0.465. The van der Waals surface area contributed by atoms with Crippen LogP contribution in [0.3, 0.4) is 0 Å². The third-order valence-electron chi connectivity index (χ3n) is 3.55. The Labute approximate surface area is 117 Å². The molecule has 2 heterocycles. The van der Waals surface area contributed by atoms with E-state index in [0.29, 0.717) is 5.82 Å². The van der Waals surface area contributed by atoms with Crippen molar-refractivity contribution in [1.82, 2.24) is 9.97 Å². The second kappa shape index (κ2) is 4.90. The van der Waals surface area contributed by atoms with Crippen molar-refractivity contribution in [2.75, 3.05) is 5.73 Å². The van der Waals surface area contributed by atoms with Crippen molar-refractivity contribution >= 4 is 16.6 Å². The van der Waals surface area contributed by atoms with Gasteiger partial charge in [-0.15, -0.1) is 0 Å². The van der Waals surface area contributed by atoms with Gasteiger partial charge in [0.2, 0.25) is 0 Å². The molecular formula is C16H16N4. The van der Waals surface area contributed by atoms with Crippen LogP contribution in [0.15, 0.2) is 48.8 Å². The SMILES string of the molecule is Cc1ccnc(N)c1C(N)c1nccc2ccccc12. The Hall–Kier alpha value is -2.46. The summed E-state index contributed by atoms with van der Waals surface area (Å²) < 4.78 is 0. The smallest absolute Gasteiger partial charge is 0.128 e. The van der Waals surface area contributed by atoms with Crippen LogP contribution in [0.1, 0.15) is 22.9 Å². The van der Waals surface area contributed by atoms with E-state index in [1.165, 1.54) is 0 Å². The van der Waals surface area contributed by atoms with Crippen LogP contribution in [0.5, 0.6) is 0 Å². The number of hydrogen-bond acceptors (Lipinski definition) is 4. The molecule has 0 saturated carbocycles. The third kappa shape index (κ3) is 2.00. The Bertz CT molecular complexity index is 742. The van der Waals surface area contributed by atoms with Crippen LogP contribution < -0.4 is 11.5 Å². The highest BCUT2D eigenvalue weighted by Gasteiger charge is 2.18. The number of nitrogens with two attached hydrogens (primary N) is 2. The lowest BCUT2D eigenvalue weighted by atomic mass is 9.97. The number of fused-ring (bicyclic) bond motifs is 1. The molecule has 0 saturated heterocycles. The largest absolute Gasteiger partial charge is 0.383 e. The van der Waals surface area contributed by atoms with Gasteiger partial charge in [-0.3, -0.25) is 4.98 Å². The van der Waals surface area contributed by atoms with E-state index in [9.17, 15) is 0 Å². The first-order valence-corrected chi connectivity index (χ1v) is 6.48. The molecule has 1 unspecified atom stereocenters. The summed E-state index contributed by atoms with van der Waals surface area (Å²) in [7, 11) is 0. The van der Waals surface area contributed by atoms with Crippen LogP contribution in [-0.4, -0.2) is 9.97 Å². The molecular weight excluding hydrogens is 248 g/mol. The normalized spacial score (nSPS) is 12.5. The van der Waals surface area contributed by atoms with Gasteiger partial charge in [-0.2, -0.15) is 0 Å². The minimum Gasteiger partial charge on any atom is -0.383 e. The van der Waals surface area contributed by atoms with Gasteiger partial charge < -0.3 is 11.5 Å². The van der Waals surface area contributed by atoms with Gasteiger partial charge >= 0.3 is 0 Å². The summed E-state index contributed by atoms with van der Waals surface area (Å²) in [5.41, 5.74) is 15.1. The van der Waals surface area contributed by atoms with Crippen molar-refractivity contribution in [2.45, 2.75) is 13.0 Å². The highest BCUT2D eigenvalue weighted by Crippen LogP contribution is 2.29. The molecule has 0 bridgehead atoms. The zero-order valence-corrected chi connectivity index (χ0v) is 11.2. The monoisotopic (exact) mass is 264 g/mol. The molecule has 4 heteroatoms. The number of nitrogen functional groups attached to an aromatic ring is 1. The van der Waals surface area contributed by atoms with E-state index in [4.69, 9.17) is 11.5 Å². The summed E-state index contributed by atoms with van der Waals surface area (Å²) in [5, 5.41) is 2.17. The van der Waals surface area contributed by atoms with Gasteiger partial charge in [0.05, 0.1) is 11.7 Å². The number of rotatable bonds is 2. The molecule has 3 rings (SSSR count). The summed E-state index contributed by atoms with van der Waals surface area (Å²) in [6, 6.07) is 11.6. The van der Waals surface area contributed by atoms with E-state index in [1.807, 2.05) is 43.3 Å². The average Bonchev–Trinajstić information content (AvgIpc) is 2.46. The van der Waals surface area contributed by atoms with Gasteiger partial charge in [0.1, 0.15) is 5.82 Å². The quantitative estimate of drug-likeness (QED) is 0.745. The molecule has 1 aromatic carbocycles. The van der Waals surface area contributed by atoms with Crippen molar-refractivity contribution in [1.29, 1.82) is 0 Å². The van der Waals surface area contributed by atoms with Gasteiger partial charge in [0.25, 0.3) is 0 Å². The maximum Gasteiger partial charge on any atom is 0.128 e. The van der Waals surface area contributed by atoms with E-state index < -0.39 is 0 Å². The maximum atomic E-state index is 6.40. The summed E-state index contributed by atoms with van der Waals surface area (Å²) in [6.45, 7) is 1.98. The van der Waals surface area contributed by atoms with Crippen molar-refractivity contribution < 1.29 is 0 Å². The van der Waals surface area contributed by atoms with Gasteiger partial charge in [-0.1, -0.05) is 24.3 Å². The highest BCUT2D eigenvalue weighted by molar-refractivity contribution is 5.85. The van der Waals surface area contributed by atoms with Gasteiger partial charge in [-0.05, 0) is 30.0 Å². The fraction of sp³-hybridized carbons (Fsp3) is 0.125. The molecule has 0 spiro atoms. The molecule has 0 aliphatic heterocycles. The van der Waals surface area contributed by atoms with E-state index in [2.05, 4.69) is 9.97 Å². The Kier molecular flexibility index (Phi) is 3.08. The fourth-order valence-electron chi connectivity index (χ4n) is 2.52. The van der Waals surface area contributed by atoms with Crippen molar-refractivity contribution in [3.8, 4) is 0 Å². The Morgan fingerprint density at radius 3 is 2.55 bits per heavy atom. The zero-order chi connectivity index (χ0) is 14.1. The van der Waals surface area contributed by atoms with Crippen LogP contribution in [-0.2, 0) is 0 Å². The first kappa shape index (κ1) is 12.6. The van der Waals surface area contributed by atoms with Crippen LogP contribution >= 0.6 is 0 Å². The standard InChI is InChI=1S/C16H16N4/c1-10-6-8-20-16(18)13(10)14(17)15-12-5-3-2-4-11(12)7-9-19-15/h2-9,14H,17H2,1H3,(H2,18,20). The second-order valence-electron chi connectivity index (χ2n) is 4.82. The lowest BCUT2D eigenvalue weighted by Crippen LogP contribution is -2.17. The van der Waals surface area contributed by atoms with Crippen LogP contribution in [0.2, 0.25) is 0 Å². The average molecular weight is 264 g/mol. The molecule has 2 aromatic heterocycles. The molecule has 0 aliphatic rings. The zero-order valence-electron chi connectivity index (χ0n) is 11.2. The van der Waals surface area contributed by atoms with E-state index >= 15 is 0 Å². The van der Waals surface area contributed by atoms with Crippen molar-refractivity contribution in [3.63, 3.8) is 0 Å². The topological polar surface area (TPSA) is 77.8 Å². The van der Waals surface area contributed by atoms with Crippen molar-refractivity contribution in [3.05, 3.63) is 65.6 Å². The van der Waals surface area contributed by atoms with E-state index in [-0.39, 0.29) is 6.04 Å². The lowest BCUT2D eigenvalue weighted by molar-refractivity contribution is 0.829. The van der Waals surface area contributed by atoms with Crippen LogP contribution in [0.25, 0.3) is 10.8 Å². The van der Waals surface area contributed by atoms with Gasteiger partial charge in [0.15, 0.2) is 0 Å². The number of benzene rings is 1. The number of pyridine rings is 2. The van der Waals surface area contributed by atoms with Gasteiger partial charge in [-0.25, -0.2) is 4.98 Å². The molecule has 1 atom stereocenters. The molecule has 0 aliphatic carbocycles.